The first-order valence-electron chi connectivity index (χ1n) is 9.31. The molecule has 1 aliphatic rings. The molecule has 0 spiro atoms. The summed E-state index contributed by atoms with van der Waals surface area (Å²) >= 11 is 0. The summed E-state index contributed by atoms with van der Waals surface area (Å²) in [6.45, 7) is 1.59. The lowest BCUT2D eigenvalue weighted by atomic mass is 10.1. The van der Waals surface area contributed by atoms with Gasteiger partial charge in [0.1, 0.15) is 11.3 Å². The number of anilines is 2. The minimum Gasteiger partial charge on any atom is -0.357 e. The zero-order valence-electron chi connectivity index (χ0n) is 15.7. The standard InChI is InChI=1S/C18H19F3N8O/c19-18(20,21)12-9-26-17(27-11-2-1-3-22-8-11)28-14(12)10-6-13(25-7-10)15(30)29-16-23-4-5-24-16/h4-7,9,11,22,25H,1-3,8H2,(H,26,27,28)(H2,23,24,29,30)/t11-/m0/s1. The number of nitrogens with one attached hydrogen (secondary N) is 5. The fourth-order valence-corrected chi connectivity index (χ4v) is 3.21. The Labute approximate surface area is 168 Å². The van der Waals surface area contributed by atoms with Crippen LogP contribution < -0.4 is 16.0 Å². The molecule has 0 bridgehead atoms. The van der Waals surface area contributed by atoms with Gasteiger partial charge in [0.15, 0.2) is 0 Å². The topological polar surface area (TPSA) is 123 Å². The van der Waals surface area contributed by atoms with Crippen molar-refractivity contribution in [2.24, 2.45) is 0 Å². The van der Waals surface area contributed by atoms with Crippen molar-refractivity contribution < 1.29 is 18.0 Å². The largest absolute Gasteiger partial charge is 0.419 e. The van der Waals surface area contributed by atoms with Gasteiger partial charge in [0.05, 0.1) is 5.69 Å². The van der Waals surface area contributed by atoms with Gasteiger partial charge in [-0.2, -0.15) is 13.2 Å². The summed E-state index contributed by atoms with van der Waals surface area (Å²) in [5.41, 5.74) is -1.10. The molecule has 5 N–H and O–H groups in total. The Kier molecular flexibility index (Phi) is 5.40. The van der Waals surface area contributed by atoms with Gasteiger partial charge in [-0.15, -0.1) is 0 Å². The van der Waals surface area contributed by atoms with Gasteiger partial charge in [-0.25, -0.2) is 15.0 Å². The van der Waals surface area contributed by atoms with Crippen LogP contribution in [0.3, 0.4) is 0 Å². The van der Waals surface area contributed by atoms with Crippen LogP contribution in [0.5, 0.6) is 0 Å². The van der Waals surface area contributed by atoms with Crippen molar-refractivity contribution in [3.63, 3.8) is 0 Å². The average molecular weight is 420 g/mol. The summed E-state index contributed by atoms with van der Waals surface area (Å²) in [5, 5.41) is 8.79. The molecule has 158 valence electrons. The summed E-state index contributed by atoms with van der Waals surface area (Å²) < 4.78 is 40.6. The van der Waals surface area contributed by atoms with Crippen molar-refractivity contribution in [1.82, 2.24) is 30.2 Å². The van der Waals surface area contributed by atoms with Gasteiger partial charge in [0.2, 0.25) is 11.9 Å². The van der Waals surface area contributed by atoms with Crippen molar-refractivity contribution in [2.45, 2.75) is 25.1 Å². The number of amides is 1. The van der Waals surface area contributed by atoms with Crippen molar-refractivity contribution in [1.29, 1.82) is 0 Å². The van der Waals surface area contributed by atoms with Gasteiger partial charge < -0.3 is 20.6 Å². The van der Waals surface area contributed by atoms with E-state index in [0.717, 1.165) is 25.6 Å². The molecule has 1 amide bonds. The summed E-state index contributed by atoms with van der Waals surface area (Å²) in [6, 6.07) is 1.34. The minimum absolute atomic E-state index is 0.0317. The molecule has 1 atom stereocenters. The van der Waals surface area contributed by atoms with Crippen LogP contribution >= 0.6 is 0 Å². The molecule has 30 heavy (non-hydrogen) atoms. The third-order valence-corrected chi connectivity index (χ3v) is 4.66. The molecular weight excluding hydrogens is 401 g/mol. The Morgan fingerprint density at radius 2 is 2.10 bits per heavy atom. The van der Waals surface area contributed by atoms with E-state index >= 15 is 0 Å². The molecule has 0 radical (unpaired) electrons. The third kappa shape index (κ3) is 4.43. The molecule has 1 aliphatic heterocycles. The molecule has 12 heteroatoms. The van der Waals surface area contributed by atoms with Gasteiger partial charge in [0, 0.05) is 42.9 Å². The van der Waals surface area contributed by atoms with E-state index in [1.165, 1.54) is 24.7 Å². The van der Waals surface area contributed by atoms with E-state index in [1.54, 1.807) is 0 Å². The quantitative estimate of drug-likeness (QED) is 0.432. The van der Waals surface area contributed by atoms with Crippen LogP contribution in [0.1, 0.15) is 28.9 Å². The Hall–Kier alpha value is -3.41. The number of rotatable bonds is 5. The molecule has 0 unspecified atom stereocenters. The van der Waals surface area contributed by atoms with E-state index in [4.69, 9.17) is 0 Å². The molecule has 3 aromatic heterocycles. The second-order valence-electron chi connectivity index (χ2n) is 6.84. The Balaban J connectivity index is 1.61. The Bertz CT molecular complexity index is 1010. The highest BCUT2D eigenvalue weighted by atomic mass is 19.4. The third-order valence-electron chi connectivity index (χ3n) is 4.66. The molecule has 0 aliphatic carbocycles. The van der Waals surface area contributed by atoms with E-state index < -0.39 is 17.6 Å². The second-order valence-corrected chi connectivity index (χ2v) is 6.84. The van der Waals surface area contributed by atoms with Crippen molar-refractivity contribution >= 4 is 17.8 Å². The highest BCUT2D eigenvalue weighted by Crippen LogP contribution is 2.36. The first-order chi connectivity index (χ1) is 14.4. The van der Waals surface area contributed by atoms with Crippen molar-refractivity contribution in [3.05, 3.63) is 42.1 Å². The summed E-state index contributed by atoms with van der Waals surface area (Å²) in [4.78, 5) is 29.5. The molecule has 3 aromatic rings. The number of carbonyl (C=O) groups is 1. The number of H-pyrrole nitrogens is 2. The Morgan fingerprint density at radius 3 is 2.80 bits per heavy atom. The van der Waals surface area contributed by atoms with Crippen molar-refractivity contribution in [2.75, 3.05) is 23.7 Å². The predicted molar refractivity (Wildman–Crippen MR) is 103 cm³/mol. The lowest BCUT2D eigenvalue weighted by Crippen LogP contribution is -2.38. The van der Waals surface area contributed by atoms with Gasteiger partial charge in [-0.1, -0.05) is 0 Å². The number of halogens is 3. The van der Waals surface area contributed by atoms with Crippen LogP contribution in [0.4, 0.5) is 25.1 Å². The first kappa shape index (κ1) is 19.9. The van der Waals surface area contributed by atoms with Gasteiger partial charge in [0.25, 0.3) is 5.91 Å². The maximum absolute atomic E-state index is 13.5. The van der Waals surface area contributed by atoms with Crippen LogP contribution in [-0.2, 0) is 6.18 Å². The lowest BCUT2D eigenvalue weighted by Gasteiger charge is -2.24. The number of nitrogens with zero attached hydrogens (tertiary/aromatic N) is 3. The fourth-order valence-electron chi connectivity index (χ4n) is 3.21. The lowest BCUT2D eigenvalue weighted by molar-refractivity contribution is -0.137. The maximum Gasteiger partial charge on any atom is 0.419 e. The first-order valence-corrected chi connectivity index (χ1v) is 9.31. The molecule has 9 nitrogen and oxygen atoms in total. The highest BCUT2D eigenvalue weighted by Gasteiger charge is 2.36. The molecule has 4 heterocycles. The summed E-state index contributed by atoms with van der Waals surface area (Å²) in [6.07, 6.45) is 2.24. The highest BCUT2D eigenvalue weighted by molar-refractivity contribution is 6.02. The average Bonchev–Trinajstić information content (AvgIpc) is 3.40. The van der Waals surface area contributed by atoms with Crippen molar-refractivity contribution in [3.8, 4) is 11.3 Å². The van der Waals surface area contributed by atoms with E-state index in [0.29, 0.717) is 6.54 Å². The van der Waals surface area contributed by atoms with E-state index in [1.807, 2.05) is 0 Å². The molecule has 1 saturated heterocycles. The number of aromatic nitrogens is 5. The normalized spacial score (nSPS) is 17.0. The second kappa shape index (κ2) is 8.14. The SMILES string of the molecule is O=C(Nc1ncc[nH]1)c1cc(-c2nc(N[C@H]3CCCNC3)ncc2C(F)(F)F)c[nH]1. The summed E-state index contributed by atoms with van der Waals surface area (Å²) in [7, 11) is 0. The number of hydrogen-bond donors (Lipinski definition) is 5. The van der Waals surface area contributed by atoms with Crippen LogP contribution in [0.25, 0.3) is 11.3 Å². The number of piperidine rings is 1. The van der Waals surface area contributed by atoms with E-state index in [9.17, 15) is 18.0 Å². The van der Waals surface area contributed by atoms with Crippen LogP contribution in [0.2, 0.25) is 0 Å². The zero-order valence-corrected chi connectivity index (χ0v) is 15.7. The molecule has 0 aromatic carbocycles. The number of alkyl halides is 3. The van der Waals surface area contributed by atoms with Gasteiger partial charge in [-0.05, 0) is 25.5 Å². The predicted octanol–water partition coefficient (Wildman–Crippen LogP) is 2.63. The smallest absolute Gasteiger partial charge is 0.357 e. The Morgan fingerprint density at radius 1 is 1.23 bits per heavy atom. The fraction of sp³-hybridized carbons (Fsp3) is 0.333. The zero-order chi connectivity index (χ0) is 21.1. The van der Waals surface area contributed by atoms with E-state index in [2.05, 4.69) is 40.9 Å². The molecule has 0 saturated carbocycles. The van der Waals surface area contributed by atoms with E-state index in [-0.39, 0.29) is 34.9 Å². The van der Waals surface area contributed by atoms with Gasteiger partial charge >= 0.3 is 6.18 Å². The summed E-state index contributed by atoms with van der Waals surface area (Å²) in [5.74, 6) is -0.221. The number of imidazole rings is 1. The number of aromatic amines is 2. The maximum atomic E-state index is 13.5. The molecular formula is C18H19F3N8O. The monoisotopic (exact) mass is 420 g/mol. The number of carbonyl (C=O) groups excluding carboxylic acids is 1. The van der Waals surface area contributed by atoms with Gasteiger partial charge in [-0.3, -0.25) is 10.1 Å². The number of hydrogen-bond acceptors (Lipinski definition) is 6. The minimum atomic E-state index is -4.64. The van der Waals surface area contributed by atoms with Crippen LogP contribution in [0, 0.1) is 0 Å². The van der Waals surface area contributed by atoms with Crippen LogP contribution in [-0.4, -0.2) is 50.0 Å². The molecule has 4 rings (SSSR count). The molecule has 1 fully saturated rings. The van der Waals surface area contributed by atoms with Crippen LogP contribution in [0.15, 0.2) is 30.9 Å².